The van der Waals surface area contributed by atoms with Crippen LogP contribution < -0.4 is 0 Å². The highest BCUT2D eigenvalue weighted by Gasteiger charge is 2.35. The number of rotatable bonds is 7. The van der Waals surface area contributed by atoms with Crippen molar-refractivity contribution in [1.82, 2.24) is 19.8 Å². The van der Waals surface area contributed by atoms with Gasteiger partial charge < -0.3 is 8.98 Å². The second-order valence-electron chi connectivity index (χ2n) is 7.53. The number of furan rings is 1. The first-order valence-corrected chi connectivity index (χ1v) is 12.5. The van der Waals surface area contributed by atoms with Crippen LogP contribution in [0.25, 0.3) is 0 Å². The summed E-state index contributed by atoms with van der Waals surface area (Å²) in [5.41, 5.74) is 1.76. The predicted octanol–water partition coefficient (Wildman–Crippen LogP) is 5.18. The number of amides is 1. The van der Waals surface area contributed by atoms with Gasteiger partial charge in [0.1, 0.15) is 17.6 Å². The molecule has 0 spiro atoms. The Labute approximate surface area is 204 Å². The maximum absolute atomic E-state index is 13.2. The zero-order valence-electron chi connectivity index (χ0n) is 17.7. The van der Waals surface area contributed by atoms with Crippen LogP contribution in [0.2, 0.25) is 5.02 Å². The van der Waals surface area contributed by atoms with Gasteiger partial charge in [0.25, 0.3) is 5.91 Å². The minimum atomic E-state index is -0.285. The summed E-state index contributed by atoms with van der Waals surface area (Å²) >= 11 is 9.07. The topological polar surface area (TPSA) is 76.5 Å². The molecule has 1 amide bonds. The van der Waals surface area contributed by atoms with Crippen LogP contribution in [0, 0.1) is 0 Å². The van der Waals surface area contributed by atoms with E-state index >= 15 is 0 Å². The predicted molar refractivity (Wildman–Crippen MR) is 130 cm³/mol. The monoisotopic (exact) mass is 497 g/mol. The molecule has 1 atom stereocenters. The van der Waals surface area contributed by atoms with Crippen molar-refractivity contribution in [2.45, 2.75) is 24.0 Å². The highest BCUT2D eigenvalue weighted by molar-refractivity contribution is 7.99. The largest absolute Gasteiger partial charge is 0.467 e. The minimum absolute atomic E-state index is 0.117. The van der Waals surface area contributed by atoms with Crippen molar-refractivity contribution in [2.75, 3.05) is 5.75 Å². The first kappa shape index (κ1) is 21.9. The normalized spacial score (nSPS) is 15.8. The summed E-state index contributed by atoms with van der Waals surface area (Å²) < 4.78 is 7.55. The Morgan fingerprint density at radius 3 is 2.79 bits per heavy atom. The molecule has 168 valence electrons. The quantitative estimate of drug-likeness (QED) is 0.329. The number of aromatic nitrogens is 3. The highest BCUT2D eigenvalue weighted by atomic mass is 35.5. The molecule has 0 radical (unpaired) electrons. The molecule has 0 unspecified atom stereocenters. The van der Waals surface area contributed by atoms with E-state index in [1.807, 2.05) is 59.5 Å². The maximum Gasteiger partial charge on any atom is 0.253 e. The fourth-order valence-corrected chi connectivity index (χ4v) is 5.26. The van der Waals surface area contributed by atoms with Gasteiger partial charge in [-0.1, -0.05) is 41.6 Å². The molecule has 0 aliphatic carbocycles. The van der Waals surface area contributed by atoms with Gasteiger partial charge in [0.15, 0.2) is 5.16 Å². The Morgan fingerprint density at radius 2 is 2.06 bits per heavy atom. The Balaban J connectivity index is 1.31. The molecule has 0 fully saturated rings. The van der Waals surface area contributed by atoms with Crippen LogP contribution in [0.15, 0.2) is 74.8 Å². The van der Waals surface area contributed by atoms with E-state index in [0.29, 0.717) is 22.4 Å². The van der Waals surface area contributed by atoms with E-state index in [4.69, 9.17) is 16.0 Å². The van der Waals surface area contributed by atoms with Gasteiger partial charge in [-0.05, 0) is 41.3 Å². The van der Waals surface area contributed by atoms with Crippen molar-refractivity contribution in [2.24, 2.45) is 12.1 Å². The molecule has 1 aliphatic heterocycles. The molecule has 0 N–H and O–H groups in total. The number of halogens is 1. The molecule has 0 saturated carbocycles. The third-order valence-electron chi connectivity index (χ3n) is 5.38. The minimum Gasteiger partial charge on any atom is -0.467 e. The van der Waals surface area contributed by atoms with Crippen molar-refractivity contribution < 1.29 is 9.21 Å². The van der Waals surface area contributed by atoms with Crippen molar-refractivity contribution in [3.63, 3.8) is 0 Å². The average molecular weight is 498 g/mol. The molecule has 10 heteroatoms. The number of carbonyl (C=O) groups is 1. The van der Waals surface area contributed by atoms with Crippen molar-refractivity contribution in [3.8, 4) is 0 Å². The van der Waals surface area contributed by atoms with Crippen molar-refractivity contribution in [3.05, 3.63) is 87.2 Å². The molecule has 4 aromatic rings. The summed E-state index contributed by atoms with van der Waals surface area (Å²) in [6.45, 7) is 0. The van der Waals surface area contributed by atoms with Crippen molar-refractivity contribution in [1.29, 1.82) is 0 Å². The molecule has 0 bridgehead atoms. The second kappa shape index (κ2) is 9.54. The average Bonchev–Trinajstić information content (AvgIpc) is 3.62. The molecule has 7 nitrogen and oxygen atoms in total. The molecular formula is C23H20ClN5O2S2. The van der Waals surface area contributed by atoms with Gasteiger partial charge in [0.05, 0.1) is 17.7 Å². The lowest BCUT2D eigenvalue weighted by Crippen LogP contribution is -2.28. The zero-order chi connectivity index (χ0) is 22.8. The number of carbonyl (C=O) groups excluding carboxylic acids is 1. The number of thioether (sulfide) groups is 1. The Hall–Kier alpha value is -2.88. The van der Waals surface area contributed by atoms with Crippen molar-refractivity contribution >= 4 is 46.3 Å². The molecule has 1 aromatic carbocycles. The van der Waals surface area contributed by atoms with E-state index in [1.165, 1.54) is 21.6 Å². The molecule has 4 heterocycles. The summed E-state index contributed by atoms with van der Waals surface area (Å²) in [7, 11) is 1.92. The van der Waals surface area contributed by atoms with E-state index in [0.717, 1.165) is 23.5 Å². The summed E-state index contributed by atoms with van der Waals surface area (Å²) in [5.74, 6) is 1.65. The van der Waals surface area contributed by atoms with Gasteiger partial charge in [0.2, 0.25) is 0 Å². The molecule has 1 aliphatic rings. The Bertz CT molecular complexity index is 1270. The van der Waals surface area contributed by atoms with Crippen LogP contribution in [0.5, 0.6) is 0 Å². The van der Waals surface area contributed by atoms with Crippen LogP contribution in [-0.4, -0.2) is 37.1 Å². The lowest BCUT2D eigenvalue weighted by atomic mass is 10.0. The number of nitrogens with zero attached hydrogens (tertiary/aromatic N) is 5. The SMILES string of the molecule is Cn1c(Cc2cccs2)nnc1SCC(=O)N1N=C(c2ccc(Cl)cc2)C[C@H]1c1ccco1. The smallest absolute Gasteiger partial charge is 0.253 e. The van der Waals surface area contributed by atoms with Crippen LogP contribution in [0.3, 0.4) is 0 Å². The third-order valence-corrected chi connectivity index (χ3v) is 7.51. The molecule has 0 saturated heterocycles. The second-order valence-corrected chi connectivity index (χ2v) is 9.94. The van der Waals surface area contributed by atoms with E-state index in [-0.39, 0.29) is 17.7 Å². The standard InChI is InChI=1S/C23H20ClN5O2S2/c1-28-21(12-17-4-3-11-32-17)25-26-23(28)33-14-22(30)29-19(20-5-2-10-31-20)13-18(27-29)15-6-8-16(24)9-7-15/h2-11,19H,12-14H2,1H3/t19-/m0/s1. The highest BCUT2D eigenvalue weighted by Crippen LogP contribution is 2.34. The first-order chi connectivity index (χ1) is 16.1. The van der Waals surface area contributed by atoms with Crippen LogP contribution >= 0.6 is 34.7 Å². The fraction of sp³-hybridized carbons (Fsp3) is 0.217. The lowest BCUT2D eigenvalue weighted by molar-refractivity contribution is -0.130. The summed E-state index contributed by atoms with van der Waals surface area (Å²) in [4.78, 5) is 14.4. The van der Waals surface area contributed by atoms with Crippen LogP contribution in [0.1, 0.15) is 34.5 Å². The fourth-order valence-electron chi connectivity index (χ4n) is 3.65. The number of benzene rings is 1. The van der Waals surface area contributed by atoms with Crippen LogP contribution in [0.4, 0.5) is 0 Å². The molecule has 33 heavy (non-hydrogen) atoms. The van der Waals surface area contributed by atoms with E-state index in [9.17, 15) is 4.79 Å². The van der Waals surface area contributed by atoms with E-state index < -0.39 is 0 Å². The Kier molecular flexibility index (Phi) is 6.34. The van der Waals surface area contributed by atoms with Gasteiger partial charge in [-0.15, -0.1) is 21.5 Å². The van der Waals surface area contributed by atoms with Gasteiger partial charge in [-0.25, -0.2) is 5.01 Å². The molecular weight excluding hydrogens is 478 g/mol. The summed E-state index contributed by atoms with van der Waals surface area (Å²) in [6.07, 6.45) is 2.90. The third kappa shape index (κ3) is 4.75. The summed E-state index contributed by atoms with van der Waals surface area (Å²) in [5, 5.41) is 18.2. The maximum atomic E-state index is 13.2. The van der Waals surface area contributed by atoms with Gasteiger partial charge in [-0.3, -0.25) is 4.79 Å². The van der Waals surface area contributed by atoms with E-state index in [2.05, 4.69) is 21.4 Å². The molecule has 3 aromatic heterocycles. The Morgan fingerprint density at radius 1 is 1.21 bits per heavy atom. The van der Waals surface area contributed by atoms with Gasteiger partial charge in [0, 0.05) is 29.8 Å². The van der Waals surface area contributed by atoms with Crippen LogP contribution in [-0.2, 0) is 18.3 Å². The number of thiophene rings is 1. The first-order valence-electron chi connectivity index (χ1n) is 10.3. The molecule has 5 rings (SSSR count). The number of hydrogen-bond donors (Lipinski definition) is 0. The zero-order valence-corrected chi connectivity index (χ0v) is 20.1. The number of hydrogen-bond acceptors (Lipinski definition) is 7. The van der Waals surface area contributed by atoms with Gasteiger partial charge in [-0.2, -0.15) is 5.10 Å². The summed E-state index contributed by atoms with van der Waals surface area (Å²) in [6, 6.07) is 15.0. The lowest BCUT2D eigenvalue weighted by Gasteiger charge is -2.19. The van der Waals surface area contributed by atoms with E-state index in [1.54, 1.807) is 17.6 Å². The number of hydrazone groups is 1. The van der Waals surface area contributed by atoms with Gasteiger partial charge >= 0.3 is 0 Å².